The van der Waals surface area contributed by atoms with Gasteiger partial charge in [0.25, 0.3) is 0 Å². The predicted octanol–water partition coefficient (Wildman–Crippen LogP) is 2.13. The van der Waals surface area contributed by atoms with Crippen molar-refractivity contribution in [3.63, 3.8) is 0 Å². The van der Waals surface area contributed by atoms with Crippen LogP contribution in [0.5, 0.6) is 0 Å². The lowest BCUT2D eigenvalue weighted by Gasteiger charge is -2.30. The van der Waals surface area contributed by atoms with Gasteiger partial charge in [-0.2, -0.15) is 13.2 Å². The zero-order valence-corrected chi connectivity index (χ0v) is 12.5. The van der Waals surface area contributed by atoms with E-state index in [1.807, 2.05) is 11.8 Å². The minimum atomic E-state index is -4.39. The van der Waals surface area contributed by atoms with E-state index in [4.69, 9.17) is 0 Å². The van der Waals surface area contributed by atoms with E-state index in [9.17, 15) is 18.0 Å². The lowest BCUT2D eigenvalue weighted by molar-refractivity contribution is -0.141. The molecular formula is C14H21F3N4O. The first-order valence-electron chi connectivity index (χ1n) is 7.51. The minimum Gasteiger partial charge on any atom is -0.355 e. The fourth-order valence-electron chi connectivity index (χ4n) is 2.58. The van der Waals surface area contributed by atoms with Gasteiger partial charge < -0.3 is 10.3 Å². The van der Waals surface area contributed by atoms with Gasteiger partial charge in [0, 0.05) is 12.5 Å². The molecule has 2 N–H and O–H groups in total. The van der Waals surface area contributed by atoms with E-state index in [1.165, 1.54) is 0 Å². The molecule has 1 amide bonds. The molecule has 1 aliphatic rings. The minimum absolute atomic E-state index is 0.00217. The highest BCUT2D eigenvalue weighted by molar-refractivity contribution is 5.77. The molecule has 0 bridgehead atoms. The molecule has 1 saturated heterocycles. The van der Waals surface area contributed by atoms with Gasteiger partial charge in [0.05, 0.1) is 12.7 Å². The van der Waals surface area contributed by atoms with Crippen LogP contribution < -0.4 is 5.32 Å². The summed E-state index contributed by atoms with van der Waals surface area (Å²) in [7, 11) is 0. The molecule has 0 aromatic carbocycles. The average Bonchev–Trinajstić information content (AvgIpc) is 2.96. The van der Waals surface area contributed by atoms with Crippen LogP contribution in [-0.2, 0) is 11.0 Å². The van der Waals surface area contributed by atoms with Crippen molar-refractivity contribution in [2.45, 2.75) is 38.3 Å². The Hall–Kier alpha value is -1.57. The summed E-state index contributed by atoms with van der Waals surface area (Å²) in [5, 5.41) is 2.82. The molecule has 0 atom stereocenters. The summed E-state index contributed by atoms with van der Waals surface area (Å²) in [4.78, 5) is 19.9. The number of nitrogens with one attached hydrogen (secondary N) is 2. The van der Waals surface area contributed by atoms with E-state index < -0.39 is 11.9 Å². The fourth-order valence-corrected chi connectivity index (χ4v) is 2.58. The number of piperidine rings is 1. The van der Waals surface area contributed by atoms with Crippen molar-refractivity contribution < 1.29 is 18.0 Å². The molecule has 2 rings (SSSR count). The van der Waals surface area contributed by atoms with Gasteiger partial charge in [-0.25, -0.2) is 4.98 Å². The Kier molecular flexibility index (Phi) is 5.44. The van der Waals surface area contributed by atoms with Crippen molar-refractivity contribution in [2.75, 3.05) is 26.2 Å². The number of carbonyl (C=O) groups excluding carboxylic acids is 1. The van der Waals surface area contributed by atoms with Crippen molar-refractivity contribution in [1.29, 1.82) is 0 Å². The number of rotatable bonds is 5. The molecular weight excluding hydrogens is 297 g/mol. The highest BCUT2D eigenvalue weighted by Gasteiger charge is 2.34. The van der Waals surface area contributed by atoms with Gasteiger partial charge in [-0.3, -0.25) is 9.69 Å². The van der Waals surface area contributed by atoms with Crippen LogP contribution in [0.25, 0.3) is 0 Å². The number of halogens is 3. The highest BCUT2D eigenvalue weighted by Crippen LogP contribution is 2.31. The second-order valence-electron chi connectivity index (χ2n) is 5.58. The van der Waals surface area contributed by atoms with Gasteiger partial charge in [0.15, 0.2) is 0 Å². The summed E-state index contributed by atoms with van der Waals surface area (Å²) < 4.78 is 37.7. The van der Waals surface area contributed by atoms with Crippen LogP contribution in [0, 0.1) is 0 Å². The third kappa shape index (κ3) is 4.46. The zero-order valence-electron chi connectivity index (χ0n) is 12.5. The van der Waals surface area contributed by atoms with E-state index in [2.05, 4.69) is 15.3 Å². The van der Waals surface area contributed by atoms with Crippen molar-refractivity contribution in [1.82, 2.24) is 20.2 Å². The molecule has 0 aliphatic carbocycles. The lowest BCUT2D eigenvalue weighted by Crippen LogP contribution is -2.41. The Morgan fingerprint density at radius 2 is 2.14 bits per heavy atom. The molecule has 1 fully saturated rings. The van der Waals surface area contributed by atoms with E-state index in [-0.39, 0.29) is 11.8 Å². The van der Waals surface area contributed by atoms with Gasteiger partial charge in [0.2, 0.25) is 5.91 Å². The van der Waals surface area contributed by atoms with Gasteiger partial charge in [0.1, 0.15) is 11.5 Å². The fraction of sp³-hybridized carbons (Fsp3) is 0.714. The third-order valence-corrected chi connectivity index (χ3v) is 3.81. The summed E-state index contributed by atoms with van der Waals surface area (Å²) in [6.45, 7) is 4.38. The Morgan fingerprint density at radius 1 is 1.45 bits per heavy atom. The van der Waals surface area contributed by atoms with Gasteiger partial charge in [-0.15, -0.1) is 0 Å². The second kappa shape index (κ2) is 7.13. The zero-order chi connectivity index (χ0) is 16.2. The van der Waals surface area contributed by atoms with Crippen LogP contribution in [0.15, 0.2) is 6.20 Å². The number of likely N-dealkylation sites (tertiary alicyclic amines) is 1. The Bertz CT molecular complexity index is 493. The van der Waals surface area contributed by atoms with Crippen LogP contribution in [-0.4, -0.2) is 47.0 Å². The van der Waals surface area contributed by atoms with Crippen LogP contribution >= 0.6 is 0 Å². The summed E-state index contributed by atoms with van der Waals surface area (Å²) >= 11 is 0. The first-order chi connectivity index (χ1) is 10.4. The van der Waals surface area contributed by atoms with Crippen molar-refractivity contribution in [3.05, 3.63) is 17.7 Å². The topological polar surface area (TPSA) is 61.0 Å². The van der Waals surface area contributed by atoms with Crippen LogP contribution in [0.2, 0.25) is 0 Å². The highest BCUT2D eigenvalue weighted by atomic mass is 19.4. The monoisotopic (exact) mass is 318 g/mol. The first-order valence-corrected chi connectivity index (χ1v) is 7.51. The standard InChI is InChI=1S/C14H21F3N4O/c1-2-5-18-12(22)9-21-6-3-10(4-7-21)13-19-8-11(20-13)14(15,16)17/h8,10H,2-7,9H2,1H3,(H,18,22)(H,19,20). The van der Waals surface area contributed by atoms with Crippen molar-refractivity contribution in [2.24, 2.45) is 0 Å². The summed E-state index contributed by atoms with van der Waals surface area (Å²) in [5.74, 6) is 0.381. The van der Waals surface area contributed by atoms with Crippen molar-refractivity contribution in [3.8, 4) is 0 Å². The number of imidazole rings is 1. The smallest absolute Gasteiger partial charge is 0.355 e. The van der Waals surface area contributed by atoms with E-state index in [0.29, 0.717) is 44.8 Å². The molecule has 0 saturated carbocycles. The number of carbonyl (C=O) groups is 1. The maximum absolute atomic E-state index is 12.6. The van der Waals surface area contributed by atoms with E-state index >= 15 is 0 Å². The molecule has 1 aromatic rings. The Balaban J connectivity index is 1.82. The molecule has 0 unspecified atom stereocenters. The number of hydrogen-bond acceptors (Lipinski definition) is 3. The molecule has 0 radical (unpaired) electrons. The molecule has 22 heavy (non-hydrogen) atoms. The van der Waals surface area contributed by atoms with Gasteiger partial charge >= 0.3 is 6.18 Å². The molecule has 1 aromatic heterocycles. The Labute approximate surface area is 127 Å². The number of aromatic nitrogens is 2. The average molecular weight is 318 g/mol. The maximum atomic E-state index is 12.6. The van der Waals surface area contributed by atoms with Crippen LogP contribution in [0.3, 0.4) is 0 Å². The number of amides is 1. The quantitative estimate of drug-likeness (QED) is 0.874. The molecule has 2 heterocycles. The van der Waals surface area contributed by atoms with Crippen molar-refractivity contribution >= 4 is 5.91 Å². The van der Waals surface area contributed by atoms with Gasteiger partial charge in [-0.1, -0.05) is 6.92 Å². The largest absolute Gasteiger partial charge is 0.432 e. The number of aromatic amines is 1. The lowest BCUT2D eigenvalue weighted by atomic mass is 9.96. The van der Waals surface area contributed by atoms with Gasteiger partial charge in [-0.05, 0) is 32.4 Å². The molecule has 1 aliphatic heterocycles. The third-order valence-electron chi connectivity index (χ3n) is 3.81. The first kappa shape index (κ1) is 16.8. The number of alkyl halides is 3. The summed E-state index contributed by atoms with van der Waals surface area (Å²) in [5.41, 5.74) is -0.802. The molecule has 124 valence electrons. The number of hydrogen-bond donors (Lipinski definition) is 2. The summed E-state index contributed by atoms with van der Waals surface area (Å²) in [6, 6.07) is 0. The van der Waals surface area contributed by atoms with Crippen LogP contribution in [0.4, 0.5) is 13.2 Å². The normalized spacial score (nSPS) is 17.6. The molecule has 5 nitrogen and oxygen atoms in total. The summed E-state index contributed by atoms with van der Waals surface area (Å²) in [6.07, 6.45) is -1.24. The van der Waals surface area contributed by atoms with Crippen LogP contribution in [0.1, 0.15) is 43.6 Å². The molecule has 0 spiro atoms. The van der Waals surface area contributed by atoms with E-state index in [1.54, 1.807) is 0 Å². The SMILES string of the molecule is CCCNC(=O)CN1CCC(c2ncc(C(F)(F)F)[nH]2)CC1. The molecule has 8 heteroatoms. The number of H-pyrrole nitrogens is 1. The number of nitrogens with zero attached hydrogens (tertiary/aromatic N) is 2. The second-order valence-corrected chi connectivity index (χ2v) is 5.58. The predicted molar refractivity (Wildman–Crippen MR) is 75.3 cm³/mol. The van der Waals surface area contributed by atoms with E-state index in [0.717, 1.165) is 12.6 Å². The maximum Gasteiger partial charge on any atom is 0.432 e. The Morgan fingerprint density at radius 3 is 2.68 bits per heavy atom.